The van der Waals surface area contributed by atoms with Gasteiger partial charge in [0.2, 0.25) is 0 Å². The summed E-state index contributed by atoms with van der Waals surface area (Å²) in [5.74, 6) is 0.179. The summed E-state index contributed by atoms with van der Waals surface area (Å²) in [7, 11) is 0. The number of amides is 1. The highest BCUT2D eigenvalue weighted by molar-refractivity contribution is 5.94. The van der Waals surface area contributed by atoms with E-state index in [0.29, 0.717) is 0 Å². The number of benzene rings is 1. The van der Waals surface area contributed by atoms with Crippen molar-refractivity contribution in [2.75, 3.05) is 52.4 Å². The molecule has 0 spiro atoms. The highest BCUT2D eigenvalue weighted by atomic mass is 16.2. The molecule has 0 radical (unpaired) electrons. The molecule has 2 aliphatic heterocycles. The van der Waals surface area contributed by atoms with E-state index in [-0.39, 0.29) is 5.91 Å². The molecule has 4 heteroatoms. The average Bonchev–Trinajstić information content (AvgIpc) is 2.63. The lowest BCUT2D eigenvalue weighted by molar-refractivity contribution is 0.0631. The molecule has 0 aromatic heterocycles. The van der Waals surface area contributed by atoms with E-state index in [0.717, 1.165) is 31.7 Å². The fourth-order valence-corrected chi connectivity index (χ4v) is 3.64. The van der Waals surface area contributed by atoms with Crippen molar-refractivity contribution in [3.63, 3.8) is 0 Å². The number of nitrogens with zero attached hydrogens (tertiary/aromatic N) is 3. The summed E-state index contributed by atoms with van der Waals surface area (Å²) in [5, 5.41) is 0. The predicted octanol–water partition coefficient (Wildman–Crippen LogP) is 2.32. The number of carbonyl (C=O) groups excluding carboxylic acids is 1. The minimum Gasteiger partial charge on any atom is -0.336 e. The molecule has 0 unspecified atom stereocenters. The van der Waals surface area contributed by atoms with Crippen molar-refractivity contribution in [1.29, 1.82) is 0 Å². The van der Waals surface area contributed by atoms with E-state index in [4.69, 9.17) is 0 Å². The number of hydrogen-bond acceptors (Lipinski definition) is 3. The van der Waals surface area contributed by atoms with Crippen molar-refractivity contribution < 1.29 is 4.79 Å². The molecule has 4 nitrogen and oxygen atoms in total. The Morgan fingerprint density at radius 3 is 2.04 bits per heavy atom. The summed E-state index contributed by atoms with van der Waals surface area (Å²) < 4.78 is 0. The Morgan fingerprint density at radius 1 is 0.783 bits per heavy atom. The molecule has 3 rings (SSSR count). The molecular formula is C19H29N3O. The van der Waals surface area contributed by atoms with Gasteiger partial charge in [0.1, 0.15) is 0 Å². The van der Waals surface area contributed by atoms with Crippen LogP contribution in [0, 0.1) is 0 Å². The lowest BCUT2D eigenvalue weighted by Crippen LogP contribution is -2.49. The van der Waals surface area contributed by atoms with Gasteiger partial charge in [0.15, 0.2) is 0 Å². The molecule has 0 saturated carbocycles. The Kier molecular flexibility index (Phi) is 6.06. The zero-order valence-corrected chi connectivity index (χ0v) is 14.1. The van der Waals surface area contributed by atoms with Gasteiger partial charge < -0.3 is 9.80 Å². The Hall–Kier alpha value is -1.39. The van der Waals surface area contributed by atoms with E-state index in [1.54, 1.807) is 0 Å². The smallest absolute Gasteiger partial charge is 0.253 e. The van der Waals surface area contributed by atoms with E-state index in [1.807, 2.05) is 35.2 Å². The molecule has 0 N–H and O–H groups in total. The highest BCUT2D eigenvalue weighted by Gasteiger charge is 2.21. The van der Waals surface area contributed by atoms with Crippen molar-refractivity contribution in [2.45, 2.75) is 25.7 Å². The molecule has 0 bridgehead atoms. The number of carbonyl (C=O) groups is 1. The van der Waals surface area contributed by atoms with Crippen molar-refractivity contribution in [3.05, 3.63) is 35.9 Å². The third-order valence-electron chi connectivity index (χ3n) is 5.08. The van der Waals surface area contributed by atoms with Gasteiger partial charge in [-0.05, 0) is 57.6 Å². The van der Waals surface area contributed by atoms with Crippen LogP contribution in [0.5, 0.6) is 0 Å². The maximum Gasteiger partial charge on any atom is 0.253 e. The Bertz CT molecular complexity index is 477. The van der Waals surface area contributed by atoms with Gasteiger partial charge in [-0.15, -0.1) is 0 Å². The molecule has 2 aliphatic rings. The molecule has 2 heterocycles. The Balaban J connectivity index is 1.36. The number of piperazine rings is 1. The summed E-state index contributed by atoms with van der Waals surface area (Å²) >= 11 is 0. The van der Waals surface area contributed by atoms with Crippen LogP contribution in [0.25, 0.3) is 0 Å². The molecule has 23 heavy (non-hydrogen) atoms. The Labute approximate surface area is 140 Å². The van der Waals surface area contributed by atoms with Gasteiger partial charge in [-0.25, -0.2) is 0 Å². The zero-order valence-electron chi connectivity index (χ0n) is 14.1. The van der Waals surface area contributed by atoms with Gasteiger partial charge in [-0.2, -0.15) is 0 Å². The van der Waals surface area contributed by atoms with E-state index in [9.17, 15) is 4.79 Å². The van der Waals surface area contributed by atoms with Crippen LogP contribution in [0.3, 0.4) is 0 Å². The molecule has 126 valence electrons. The Morgan fingerprint density at radius 2 is 1.39 bits per heavy atom. The topological polar surface area (TPSA) is 26.8 Å². The number of hydrogen-bond donors (Lipinski definition) is 0. The average molecular weight is 315 g/mol. The second kappa shape index (κ2) is 8.46. The zero-order chi connectivity index (χ0) is 15.9. The van der Waals surface area contributed by atoms with E-state index < -0.39 is 0 Å². The van der Waals surface area contributed by atoms with Gasteiger partial charge in [0.25, 0.3) is 5.91 Å². The minimum atomic E-state index is 0.179. The molecule has 0 aliphatic carbocycles. The van der Waals surface area contributed by atoms with Crippen LogP contribution in [0.1, 0.15) is 36.0 Å². The quantitative estimate of drug-likeness (QED) is 0.834. The first kappa shape index (κ1) is 16.5. The second-order valence-electron chi connectivity index (χ2n) is 6.76. The van der Waals surface area contributed by atoms with Gasteiger partial charge >= 0.3 is 0 Å². The second-order valence-corrected chi connectivity index (χ2v) is 6.76. The van der Waals surface area contributed by atoms with Crippen LogP contribution in [0.4, 0.5) is 0 Å². The molecule has 0 atom stereocenters. The van der Waals surface area contributed by atoms with Crippen molar-refractivity contribution in [1.82, 2.24) is 14.7 Å². The summed E-state index contributed by atoms with van der Waals surface area (Å²) in [6, 6.07) is 9.64. The van der Waals surface area contributed by atoms with Crippen LogP contribution in [0.15, 0.2) is 30.3 Å². The van der Waals surface area contributed by atoms with Gasteiger partial charge in [0.05, 0.1) is 0 Å². The van der Waals surface area contributed by atoms with Crippen LogP contribution in [0.2, 0.25) is 0 Å². The number of likely N-dealkylation sites (tertiary alicyclic amines) is 1. The van der Waals surface area contributed by atoms with Gasteiger partial charge in [-0.3, -0.25) is 9.69 Å². The van der Waals surface area contributed by atoms with Crippen LogP contribution in [-0.4, -0.2) is 73.0 Å². The minimum absolute atomic E-state index is 0.179. The molecule has 1 aromatic rings. The summed E-state index contributed by atoms with van der Waals surface area (Å²) in [6.45, 7) is 8.73. The maximum atomic E-state index is 12.4. The van der Waals surface area contributed by atoms with Gasteiger partial charge in [-0.1, -0.05) is 24.6 Å². The lowest BCUT2D eigenvalue weighted by atomic mass is 10.1. The van der Waals surface area contributed by atoms with Crippen LogP contribution >= 0.6 is 0 Å². The predicted molar refractivity (Wildman–Crippen MR) is 93.7 cm³/mol. The third kappa shape index (κ3) is 4.79. The van der Waals surface area contributed by atoms with Crippen molar-refractivity contribution >= 4 is 5.91 Å². The summed E-state index contributed by atoms with van der Waals surface area (Å²) in [4.78, 5) is 19.5. The van der Waals surface area contributed by atoms with Gasteiger partial charge in [0, 0.05) is 31.7 Å². The summed E-state index contributed by atoms with van der Waals surface area (Å²) in [6.07, 6.45) is 5.42. The monoisotopic (exact) mass is 315 g/mol. The largest absolute Gasteiger partial charge is 0.336 e. The van der Waals surface area contributed by atoms with E-state index >= 15 is 0 Å². The third-order valence-corrected chi connectivity index (χ3v) is 5.08. The normalized spacial score (nSPS) is 20.6. The lowest BCUT2D eigenvalue weighted by Gasteiger charge is -2.35. The van der Waals surface area contributed by atoms with Crippen molar-refractivity contribution in [2.24, 2.45) is 0 Å². The van der Waals surface area contributed by atoms with E-state index in [2.05, 4.69) is 9.80 Å². The highest BCUT2D eigenvalue weighted by Crippen LogP contribution is 2.11. The SMILES string of the molecule is O=C(c1ccccc1)N1CCN(CCCN2CCCCC2)CC1. The first-order chi connectivity index (χ1) is 11.3. The fourth-order valence-electron chi connectivity index (χ4n) is 3.64. The van der Waals surface area contributed by atoms with Crippen molar-refractivity contribution in [3.8, 4) is 0 Å². The molecule has 1 amide bonds. The first-order valence-corrected chi connectivity index (χ1v) is 9.12. The standard InChI is InChI=1S/C19H29N3O/c23-19(18-8-3-1-4-9-18)22-16-14-21(15-17-22)13-7-12-20-10-5-2-6-11-20/h1,3-4,8-9H,2,5-7,10-17H2. The summed E-state index contributed by atoms with van der Waals surface area (Å²) in [5.41, 5.74) is 0.811. The fraction of sp³-hybridized carbons (Fsp3) is 0.632. The number of piperidine rings is 1. The molecule has 1 aromatic carbocycles. The van der Waals surface area contributed by atoms with Crippen LogP contribution < -0.4 is 0 Å². The molecular weight excluding hydrogens is 286 g/mol. The number of rotatable bonds is 5. The van der Waals surface area contributed by atoms with E-state index in [1.165, 1.54) is 51.9 Å². The molecule has 2 fully saturated rings. The molecule has 2 saturated heterocycles. The first-order valence-electron chi connectivity index (χ1n) is 9.12. The maximum absolute atomic E-state index is 12.4. The van der Waals surface area contributed by atoms with Crippen LogP contribution in [-0.2, 0) is 0 Å².